The molecule has 0 saturated carbocycles. The Morgan fingerprint density at radius 2 is 1.35 bits per heavy atom. The largest absolute Gasteiger partial charge is 0.754 e. The minimum absolute atomic E-state index is 0.284. The second kappa shape index (κ2) is 10.6. The fourth-order valence-corrected chi connectivity index (χ4v) is 3.99. The molecule has 34 heavy (non-hydrogen) atoms. The van der Waals surface area contributed by atoms with Crippen LogP contribution in [0.5, 0.6) is 5.75 Å². The Kier molecular flexibility index (Phi) is 7.36. The average molecular weight is 455 g/mol. The number of allylic oxidation sites excluding steroid dienone is 4. The van der Waals surface area contributed by atoms with Gasteiger partial charge in [0.15, 0.2) is 0 Å². The van der Waals surface area contributed by atoms with Crippen LogP contribution in [0, 0.1) is 22.3 Å². The van der Waals surface area contributed by atoms with Crippen molar-refractivity contribution in [2.45, 2.75) is 33.6 Å². The molecule has 0 saturated heterocycles. The number of hydrogen-bond donors (Lipinski definition) is 0. The molecule has 0 bridgehead atoms. The van der Waals surface area contributed by atoms with Crippen molar-refractivity contribution in [3.63, 3.8) is 0 Å². The summed E-state index contributed by atoms with van der Waals surface area (Å²) in [6, 6.07) is 21.3. The van der Waals surface area contributed by atoms with Gasteiger partial charge in [0.25, 0.3) is 0 Å². The first kappa shape index (κ1) is 23.6. The van der Waals surface area contributed by atoms with Crippen LogP contribution in [-0.2, 0) is 6.42 Å². The van der Waals surface area contributed by atoms with Gasteiger partial charge in [-0.05, 0) is 72.5 Å². The Hall–Kier alpha value is -3.54. The number of nitrogens with zero attached hydrogens (tertiary/aromatic N) is 2. The zero-order valence-corrected chi connectivity index (χ0v) is 19.8. The zero-order chi connectivity index (χ0) is 24.1. The highest BCUT2D eigenvalue weighted by molar-refractivity contribution is 5.82. The van der Waals surface area contributed by atoms with Gasteiger partial charge in [0, 0.05) is 17.3 Å². The van der Waals surface area contributed by atoms with Crippen LogP contribution in [0.3, 0.4) is 0 Å². The summed E-state index contributed by atoms with van der Waals surface area (Å²) in [6.07, 6.45) is 8.16. The van der Waals surface area contributed by atoms with Crippen LogP contribution in [0.2, 0.25) is 0 Å². The van der Waals surface area contributed by atoms with E-state index in [0.717, 1.165) is 28.7 Å². The first-order valence-electron chi connectivity index (χ1n) is 11.8. The van der Waals surface area contributed by atoms with Crippen LogP contribution in [-0.4, -0.2) is 0 Å². The second-order valence-electron chi connectivity index (χ2n) is 8.69. The van der Waals surface area contributed by atoms with Crippen molar-refractivity contribution >= 4 is 22.7 Å². The topological polar surface area (TPSA) is 61.8 Å². The Bertz CT molecular complexity index is 1150. The highest BCUT2D eigenvalue weighted by Gasteiger charge is 2.19. The molecule has 1 aliphatic carbocycles. The van der Waals surface area contributed by atoms with Gasteiger partial charge in [-0.25, -0.2) is 0 Å². The van der Waals surface area contributed by atoms with E-state index in [9.17, 15) is 10.4 Å². The minimum Gasteiger partial charge on any atom is -0.754 e. The lowest BCUT2D eigenvalue weighted by atomic mass is 9.90. The van der Waals surface area contributed by atoms with Crippen LogP contribution >= 0.6 is 0 Å². The number of para-hydroxylation sites is 2. The van der Waals surface area contributed by atoms with E-state index in [-0.39, 0.29) is 11.6 Å². The maximum absolute atomic E-state index is 13.2. The minimum atomic E-state index is 0.284. The van der Waals surface area contributed by atoms with Gasteiger partial charge < -0.3 is 25.3 Å². The lowest BCUT2D eigenvalue weighted by Gasteiger charge is -2.39. The van der Waals surface area contributed by atoms with Gasteiger partial charge in [-0.15, -0.1) is 0 Å². The summed E-state index contributed by atoms with van der Waals surface area (Å²) in [6.45, 7) is 6.42. The molecule has 0 fully saturated rings. The lowest BCUT2D eigenvalue weighted by molar-refractivity contribution is 0.322. The van der Waals surface area contributed by atoms with E-state index in [4.69, 9.17) is 4.74 Å². The predicted octanol–water partition coefficient (Wildman–Crippen LogP) is 8.02. The van der Waals surface area contributed by atoms with Gasteiger partial charge in [-0.2, -0.15) is 0 Å². The molecule has 2 atom stereocenters. The Morgan fingerprint density at radius 1 is 0.794 bits per heavy atom. The van der Waals surface area contributed by atoms with Crippen molar-refractivity contribution in [3.05, 3.63) is 113 Å². The van der Waals surface area contributed by atoms with Crippen molar-refractivity contribution in [1.29, 1.82) is 0 Å². The van der Waals surface area contributed by atoms with E-state index >= 15 is 0 Å². The van der Waals surface area contributed by atoms with Crippen molar-refractivity contribution < 1.29 is 4.74 Å². The molecule has 0 aromatic heterocycles. The zero-order valence-electron chi connectivity index (χ0n) is 19.8. The molecule has 4 rings (SSSR count). The number of benzene rings is 3. The normalized spacial score (nSPS) is 17.3. The summed E-state index contributed by atoms with van der Waals surface area (Å²) in [5.41, 5.74) is 2.67. The molecule has 0 N–H and O–H groups in total. The van der Waals surface area contributed by atoms with E-state index in [1.54, 1.807) is 60.7 Å². The third-order valence-electron chi connectivity index (χ3n) is 6.25. The van der Waals surface area contributed by atoms with Crippen molar-refractivity contribution in [1.82, 2.24) is 0 Å². The molecule has 0 radical (unpaired) electrons. The van der Waals surface area contributed by atoms with Crippen molar-refractivity contribution in [2.24, 2.45) is 11.8 Å². The van der Waals surface area contributed by atoms with Gasteiger partial charge in [0.1, 0.15) is 11.5 Å². The van der Waals surface area contributed by atoms with Crippen LogP contribution in [0.1, 0.15) is 32.8 Å². The number of aryl methyl sites for hydroxylation is 1. The van der Waals surface area contributed by atoms with E-state index in [1.165, 1.54) is 5.56 Å². The van der Waals surface area contributed by atoms with E-state index in [2.05, 4.69) is 26.8 Å². The summed E-state index contributed by atoms with van der Waals surface area (Å²) in [7, 11) is 0. The number of anilines is 4. The summed E-state index contributed by atoms with van der Waals surface area (Å²) in [5, 5.41) is 27.9. The summed E-state index contributed by atoms with van der Waals surface area (Å²) in [5.74, 6) is 2.26. The van der Waals surface area contributed by atoms with E-state index < -0.39 is 0 Å². The molecule has 176 valence electrons. The third kappa shape index (κ3) is 5.16. The van der Waals surface area contributed by atoms with Crippen molar-refractivity contribution in [3.8, 4) is 5.75 Å². The Labute approximate surface area is 201 Å². The fourth-order valence-electron chi connectivity index (χ4n) is 3.99. The number of ether oxygens (including phenoxy) is 1. The molecule has 5 nitrogen and oxygen atoms in total. The fraction of sp³-hybridized carbons (Fsp3) is 0.241. The molecule has 5 heteroatoms. The highest BCUT2D eigenvalue weighted by Crippen LogP contribution is 2.37. The molecular formula is C29H30N2O3-2. The Morgan fingerprint density at radius 3 is 1.91 bits per heavy atom. The SMILES string of the molecule is CCCc1ccc(N([O-])c2ccccc2N([O-])c2ccc(OC3=CC=CC(C)C3C)cc2)cc1. The average Bonchev–Trinajstić information content (AvgIpc) is 2.87. The van der Waals surface area contributed by atoms with E-state index in [0.29, 0.717) is 28.7 Å². The van der Waals surface area contributed by atoms with Crippen LogP contribution < -0.4 is 14.9 Å². The first-order valence-corrected chi connectivity index (χ1v) is 11.8. The van der Waals surface area contributed by atoms with Crippen molar-refractivity contribution in [2.75, 3.05) is 10.1 Å². The molecular weight excluding hydrogens is 424 g/mol. The van der Waals surface area contributed by atoms with Gasteiger partial charge in [0.2, 0.25) is 0 Å². The Balaban J connectivity index is 1.53. The quantitative estimate of drug-likeness (QED) is 0.323. The summed E-state index contributed by atoms with van der Waals surface area (Å²) < 4.78 is 6.06. The van der Waals surface area contributed by atoms with Gasteiger partial charge >= 0.3 is 0 Å². The standard InChI is InChI=1S/C29H30N2O3/c1-4-8-23-13-15-24(16-14-23)30(32)27-10-5-6-11-28(27)31(33)25-17-19-26(20-18-25)34-29-12-7-9-21(2)22(29)3/h5-7,9-22H,4,8H2,1-3H3/q-2. The number of rotatable bonds is 8. The smallest absolute Gasteiger partial charge is 0.127 e. The molecule has 2 unspecified atom stereocenters. The molecule has 0 aliphatic heterocycles. The van der Waals surface area contributed by atoms with Gasteiger partial charge in [0.05, 0.1) is 11.4 Å². The van der Waals surface area contributed by atoms with Gasteiger partial charge in [-0.1, -0.05) is 63.6 Å². The molecule has 0 spiro atoms. The second-order valence-corrected chi connectivity index (χ2v) is 8.69. The first-order chi connectivity index (χ1) is 16.5. The highest BCUT2D eigenvalue weighted by atomic mass is 16.5. The van der Waals surface area contributed by atoms with Gasteiger partial charge in [-0.3, -0.25) is 0 Å². The monoisotopic (exact) mass is 454 g/mol. The lowest BCUT2D eigenvalue weighted by Crippen LogP contribution is -2.16. The molecule has 3 aromatic carbocycles. The maximum Gasteiger partial charge on any atom is 0.127 e. The summed E-state index contributed by atoms with van der Waals surface area (Å²) in [4.78, 5) is 0. The third-order valence-corrected chi connectivity index (χ3v) is 6.25. The van der Waals surface area contributed by atoms with Crippen LogP contribution in [0.4, 0.5) is 22.7 Å². The molecule has 0 heterocycles. The van der Waals surface area contributed by atoms with E-state index in [1.807, 2.05) is 24.3 Å². The summed E-state index contributed by atoms with van der Waals surface area (Å²) >= 11 is 0. The molecule has 0 amide bonds. The molecule has 1 aliphatic rings. The maximum atomic E-state index is 13.2. The predicted molar refractivity (Wildman–Crippen MR) is 141 cm³/mol. The number of hydrogen-bond acceptors (Lipinski definition) is 5. The molecule has 3 aromatic rings. The van der Waals surface area contributed by atoms with Crippen LogP contribution in [0.15, 0.2) is 96.8 Å². The van der Waals surface area contributed by atoms with Crippen LogP contribution in [0.25, 0.3) is 0 Å².